The summed E-state index contributed by atoms with van der Waals surface area (Å²) in [5, 5.41) is 8.54. The van der Waals surface area contributed by atoms with Crippen molar-refractivity contribution in [3.63, 3.8) is 0 Å². The lowest BCUT2D eigenvalue weighted by molar-refractivity contribution is -0.138. The standard InChI is InChI=1S/C20H16F3NO4/c1-26-18-12-14(5-7-17(18)27-10-9-24)6-8-19(25)28-13-15-3-2-4-16(11-15)20(21,22)23/h2-8,11-12H,10,13H2,1H3/b8-6+. The molecule has 8 heteroatoms. The SMILES string of the molecule is COc1cc(/C=C/C(=O)OCc2cccc(C(F)(F)F)c2)ccc1OCC#N. The molecule has 0 bridgehead atoms. The van der Waals surface area contributed by atoms with E-state index in [0.717, 1.165) is 18.2 Å². The average molecular weight is 391 g/mol. The van der Waals surface area contributed by atoms with Crippen molar-refractivity contribution in [2.24, 2.45) is 0 Å². The fraction of sp³-hybridized carbons (Fsp3) is 0.200. The van der Waals surface area contributed by atoms with Crippen molar-refractivity contribution in [1.82, 2.24) is 0 Å². The number of nitrogens with zero attached hydrogens (tertiary/aromatic N) is 1. The molecule has 0 aromatic heterocycles. The van der Waals surface area contributed by atoms with Crippen LogP contribution in [0.4, 0.5) is 13.2 Å². The first-order valence-corrected chi connectivity index (χ1v) is 8.02. The highest BCUT2D eigenvalue weighted by atomic mass is 19.4. The predicted molar refractivity (Wildman–Crippen MR) is 94.4 cm³/mol. The van der Waals surface area contributed by atoms with Gasteiger partial charge in [0, 0.05) is 6.08 Å². The van der Waals surface area contributed by atoms with Gasteiger partial charge in [-0.2, -0.15) is 18.4 Å². The number of carbonyl (C=O) groups is 1. The van der Waals surface area contributed by atoms with Crippen LogP contribution < -0.4 is 9.47 Å². The molecule has 0 radical (unpaired) electrons. The Morgan fingerprint density at radius 3 is 2.64 bits per heavy atom. The van der Waals surface area contributed by atoms with Gasteiger partial charge in [-0.25, -0.2) is 4.79 Å². The Labute approximate surface area is 159 Å². The highest BCUT2D eigenvalue weighted by Crippen LogP contribution is 2.30. The highest BCUT2D eigenvalue weighted by Gasteiger charge is 2.30. The molecular weight excluding hydrogens is 375 g/mol. The molecule has 0 saturated heterocycles. The molecule has 0 atom stereocenters. The molecule has 5 nitrogen and oxygen atoms in total. The number of rotatable bonds is 7. The lowest BCUT2D eigenvalue weighted by atomic mass is 10.1. The molecule has 0 heterocycles. The van der Waals surface area contributed by atoms with Crippen LogP contribution in [0.2, 0.25) is 0 Å². The number of esters is 1. The van der Waals surface area contributed by atoms with E-state index in [1.807, 2.05) is 6.07 Å². The zero-order chi connectivity index (χ0) is 20.6. The molecule has 2 rings (SSSR count). The third-order valence-corrected chi connectivity index (χ3v) is 3.53. The van der Waals surface area contributed by atoms with Crippen LogP contribution in [-0.4, -0.2) is 19.7 Å². The van der Waals surface area contributed by atoms with Crippen LogP contribution in [0, 0.1) is 11.3 Å². The largest absolute Gasteiger partial charge is 0.493 e. The van der Waals surface area contributed by atoms with Crippen LogP contribution in [0.1, 0.15) is 16.7 Å². The van der Waals surface area contributed by atoms with E-state index in [2.05, 4.69) is 0 Å². The molecule has 0 aliphatic rings. The van der Waals surface area contributed by atoms with Crippen molar-refractivity contribution >= 4 is 12.0 Å². The highest BCUT2D eigenvalue weighted by molar-refractivity contribution is 5.87. The fourth-order valence-electron chi connectivity index (χ4n) is 2.22. The van der Waals surface area contributed by atoms with Crippen molar-refractivity contribution in [3.05, 3.63) is 65.2 Å². The van der Waals surface area contributed by atoms with Gasteiger partial charge in [0.05, 0.1) is 12.7 Å². The van der Waals surface area contributed by atoms with E-state index in [1.165, 1.54) is 25.3 Å². The van der Waals surface area contributed by atoms with Crippen molar-refractivity contribution in [2.75, 3.05) is 13.7 Å². The van der Waals surface area contributed by atoms with Gasteiger partial charge in [-0.15, -0.1) is 0 Å². The normalized spacial score (nSPS) is 11.1. The average Bonchev–Trinajstić information content (AvgIpc) is 2.69. The molecule has 0 unspecified atom stereocenters. The summed E-state index contributed by atoms with van der Waals surface area (Å²) in [6.45, 7) is -0.412. The van der Waals surface area contributed by atoms with Gasteiger partial charge in [-0.1, -0.05) is 18.2 Å². The lowest BCUT2D eigenvalue weighted by Crippen LogP contribution is -2.06. The van der Waals surface area contributed by atoms with Crippen LogP contribution >= 0.6 is 0 Å². The number of halogens is 3. The molecule has 2 aromatic rings. The second-order valence-corrected chi connectivity index (χ2v) is 5.50. The second-order valence-electron chi connectivity index (χ2n) is 5.50. The lowest BCUT2D eigenvalue weighted by Gasteiger charge is -2.09. The summed E-state index contributed by atoms with van der Waals surface area (Å²) < 4.78 is 53.4. The fourth-order valence-corrected chi connectivity index (χ4v) is 2.22. The Balaban J connectivity index is 1.98. The maximum atomic E-state index is 12.7. The minimum absolute atomic E-state index is 0.132. The molecule has 0 aliphatic heterocycles. The van der Waals surface area contributed by atoms with Gasteiger partial charge >= 0.3 is 12.1 Å². The summed E-state index contributed by atoms with van der Waals surface area (Å²) in [5.41, 5.74) is 0.0387. The number of hydrogen-bond acceptors (Lipinski definition) is 5. The monoisotopic (exact) mass is 391 g/mol. The minimum atomic E-state index is -4.46. The molecule has 0 aliphatic carbocycles. The number of methoxy groups -OCH3 is 1. The summed E-state index contributed by atoms with van der Waals surface area (Å²) in [4.78, 5) is 11.8. The number of ether oxygens (including phenoxy) is 3. The molecular formula is C20H16F3NO4. The van der Waals surface area contributed by atoms with Crippen LogP contribution in [0.5, 0.6) is 11.5 Å². The smallest absolute Gasteiger partial charge is 0.416 e. The molecule has 0 fully saturated rings. The third-order valence-electron chi connectivity index (χ3n) is 3.53. The Morgan fingerprint density at radius 1 is 1.18 bits per heavy atom. The van der Waals surface area contributed by atoms with Crippen LogP contribution in [0.15, 0.2) is 48.5 Å². The maximum Gasteiger partial charge on any atom is 0.416 e. The van der Waals surface area contributed by atoms with Crippen LogP contribution in [0.25, 0.3) is 6.08 Å². The van der Waals surface area contributed by atoms with Crippen molar-refractivity contribution in [1.29, 1.82) is 5.26 Å². The van der Waals surface area contributed by atoms with Crippen molar-refractivity contribution in [2.45, 2.75) is 12.8 Å². The molecule has 28 heavy (non-hydrogen) atoms. The molecule has 0 amide bonds. The zero-order valence-corrected chi connectivity index (χ0v) is 14.8. The van der Waals surface area contributed by atoms with Crippen molar-refractivity contribution < 1.29 is 32.2 Å². The van der Waals surface area contributed by atoms with E-state index in [-0.39, 0.29) is 18.8 Å². The number of nitriles is 1. The predicted octanol–water partition coefficient (Wildman–Crippen LogP) is 4.37. The summed E-state index contributed by atoms with van der Waals surface area (Å²) in [6.07, 6.45) is -1.84. The molecule has 146 valence electrons. The Hall–Kier alpha value is -3.47. The number of benzene rings is 2. The minimum Gasteiger partial charge on any atom is -0.493 e. The Morgan fingerprint density at radius 2 is 1.96 bits per heavy atom. The van der Waals surface area contributed by atoms with Gasteiger partial charge in [0.2, 0.25) is 0 Å². The topological polar surface area (TPSA) is 68.6 Å². The summed E-state index contributed by atoms with van der Waals surface area (Å²) in [5.74, 6) is 0.0595. The van der Waals surface area contributed by atoms with E-state index in [1.54, 1.807) is 18.2 Å². The van der Waals surface area contributed by atoms with Gasteiger partial charge < -0.3 is 14.2 Å². The van der Waals surface area contributed by atoms with E-state index in [0.29, 0.717) is 17.1 Å². The first-order valence-electron chi connectivity index (χ1n) is 8.02. The van der Waals surface area contributed by atoms with Gasteiger partial charge in [0.1, 0.15) is 12.7 Å². The molecule has 0 spiro atoms. The first kappa shape index (κ1) is 20.8. The molecule has 0 saturated carbocycles. The summed E-state index contributed by atoms with van der Waals surface area (Å²) in [6, 6.07) is 11.3. The van der Waals surface area contributed by atoms with Crippen molar-refractivity contribution in [3.8, 4) is 17.6 Å². The van der Waals surface area contributed by atoms with E-state index in [4.69, 9.17) is 19.5 Å². The van der Waals surface area contributed by atoms with Crippen LogP contribution in [-0.2, 0) is 22.3 Å². The van der Waals surface area contributed by atoms with E-state index in [9.17, 15) is 18.0 Å². The Kier molecular flexibility index (Phi) is 7.04. The maximum absolute atomic E-state index is 12.7. The Bertz CT molecular complexity index is 901. The second kappa shape index (κ2) is 9.46. The number of hydrogen-bond donors (Lipinski definition) is 0. The summed E-state index contributed by atoms with van der Waals surface area (Å²) in [7, 11) is 1.44. The van der Waals surface area contributed by atoms with Gasteiger partial charge in [-0.3, -0.25) is 0 Å². The number of carbonyl (C=O) groups excluding carboxylic acids is 1. The first-order chi connectivity index (χ1) is 13.3. The number of alkyl halides is 3. The van der Waals surface area contributed by atoms with E-state index >= 15 is 0 Å². The van der Waals surface area contributed by atoms with Gasteiger partial charge in [0.25, 0.3) is 0 Å². The van der Waals surface area contributed by atoms with Gasteiger partial charge in [-0.05, 0) is 41.5 Å². The molecule has 2 aromatic carbocycles. The third kappa shape index (κ3) is 6.06. The summed E-state index contributed by atoms with van der Waals surface area (Å²) >= 11 is 0. The quantitative estimate of drug-likeness (QED) is 0.518. The van der Waals surface area contributed by atoms with Gasteiger partial charge in [0.15, 0.2) is 18.1 Å². The molecule has 0 N–H and O–H groups in total. The van der Waals surface area contributed by atoms with Crippen LogP contribution in [0.3, 0.4) is 0 Å². The zero-order valence-electron chi connectivity index (χ0n) is 14.8. The van der Waals surface area contributed by atoms with E-state index < -0.39 is 17.7 Å².